The number of hydrogen-bond acceptors (Lipinski definition) is 6. The van der Waals surface area contributed by atoms with Gasteiger partial charge in [-0.05, 0) is 56.5 Å². The van der Waals surface area contributed by atoms with Crippen molar-refractivity contribution in [2.75, 3.05) is 19.6 Å². The number of nitrogens with one attached hydrogen (secondary N) is 1. The quantitative estimate of drug-likeness (QED) is 0.639. The molecule has 0 spiro atoms. The van der Waals surface area contributed by atoms with Gasteiger partial charge in [-0.3, -0.25) is 4.90 Å². The topological polar surface area (TPSA) is 88.3 Å². The van der Waals surface area contributed by atoms with Gasteiger partial charge in [-0.2, -0.15) is 0 Å². The molecule has 29 heavy (non-hydrogen) atoms. The molecule has 1 saturated heterocycles. The summed E-state index contributed by atoms with van der Waals surface area (Å²) in [4.78, 5) is 6.55. The molecule has 0 bridgehead atoms. The van der Waals surface area contributed by atoms with Gasteiger partial charge in [-0.1, -0.05) is 35.0 Å². The number of aryl methyl sites for hydroxylation is 1. The van der Waals surface area contributed by atoms with Gasteiger partial charge in [0.25, 0.3) is 5.71 Å². The second-order valence-electron chi connectivity index (χ2n) is 7.45. The van der Waals surface area contributed by atoms with Crippen molar-refractivity contribution < 1.29 is 12.9 Å². The minimum atomic E-state index is -3.63. The lowest BCUT2D eigenvalue weighted by atomic mass is 9.97. The minimum absolute atomic E-state index is 0.132. The van der Waals surface area contributed by atoms with E-state index in [1.165, 1.54) is 6.20 Å². The van der Waals surface area contributed by atoms with Crippen LogP contribution in [-0.4, -0.2) is 43.1 Å². The molecule has 2 aromatic heterocycles. The highest BCUT2D eigenvalue weighted by Gasteiger charge is 2.23. The minimum Gasteiger partial charge on any atom is -0.336 e. The van der Waals surface area contributed by atoms with Gasteiger partial charge in [0.1, 0.15) is 4.90 Å². The Morgan fingerprint density at radius 1 is 1.28 bits per heavy atom. The lowest BCUT2D eigenvalue weighted by molar-refractivity contribution is 0.178. The Labute approximate surface area is 175 Å². The Morgan fingerprint density at radius 2 is 2.03 bits per heavy atom. The number of aromatic nitrogens is 2. The fourth-order valence-electron chi connectivity index (χ4n) is 3.60. The average molecular weight is 435 g/mol. The number of likely N-dealkylation sites (tertiary alicyclic amines) is 1. The maximum atomic E-state index is 12.7. The summed E-state index contributed by atoms with van der Waals surface area (Å²) in [6.07, 6.45) is 3.19. The van der Waals surface area contributed by atoms with Crippen molar-refractivity contribution in [2.24, 2.45) is 5.92 Å². The fourth-order valence-corrected chi connectivity index (χ4v) is 4.88. The predicted octanol–water partition coefficient (Wildman–Crippen LogP) is 3.38. The Morgan fingerprint density at radius 3 is 2.79 bits per heavy atom. The standard InChI is InChI=1S/C20H23ClN4O3S/c1-14-18-10-17(12-22-20(18)28-24-14)29(26,27)23-11-15-6-8-25(9-7-15)13-16-4-2-3-5-19(16)21/h2-5,10,12,15,23H,6-9,11,13H2,1H3. The zero-order valence-corrected chi connectivity index (χ0v) is 17.7. The first-order valence-electron chi connectivity index (χ1n) is 9.60. The molecule has 1 N–H and O–H groups in total. The van der Waals surface area contributed by atoms with Gasteiger partial charge < -0.3 is 4.52 Å². The molecule has 0 unspecified atom stereocenters. The number of halogens is 1. The lowest BCUT2D eigenvalue weighted by Gasteiger charge is -2.32. The third kappa shape index (κ3) is 4.61. The summed E-state index contributed by atoms with van der Waals surface area (Å²) in [7, 11) is -3.63. The number of pyridine rings is 1. The molecule has 1 aliphatic rings. The molecule has 0 saturated carbocycles. The number of piperidine rings is 1. The van der Waals surface area contributed by atoms with Crippen molar-refractivity contribution >= 4 is 32.7 Å². The van der Waals surface area contributed by atoms with E-state index < -0.39 is 10.0 Å². The van der Waals surface area contributed by atoms with E-state index in [9.17, 15) is 8.42 Å². The van der Waals surface area contributed by atoms with Gasteiger partial charge in [0.15, 0.2) is 0 Å². The number of benzene rings is 1. The van der Waals surface area contributed by atoms with Gasteiger partial charge in [0.2, 0.25) is 10.0 Å². The molecular formula is C20H23ClN4O3S. The van der Waals surface area contributed by atoms with E-state index in [1.807, 2.05) is 24.3 Å². The monoisotopic (exact) mass is 434 g/mol. The van der Waals surface area contributed by atoms with Crippen LogP contribution in [0.4, 0.5) is 0 Å². The smallest absolute Gasteiger partial charge is 0.257 e. The van der Waals surface area contributed by atoms with Crippen molar-refractivity contribution in [3.8, 4) is 0 Å². The third-order valence-corrected chi connectivity index (χ3v) is 7.18. The number of sulfonamides is 1. The van der Waals surface area contributed by atoms with E-state index in [1.54, 1.807) is 13.0 Å². The van der Waals surface area contributed by atoms with Crippen LogP contribution in [0.3, 0.4) is 0 Å². The van der Waals surface area contributed by atoms with Crippen LogP contribution in [0, 0.1) is 12.8 Å². The summed E-state index contributed by atoms with van der Waals surface area (Å²) in [5.41, 5.74) is 2.09. The molecule has 3 heterocycles. The number of nitrogens with zero attached hydrogens (tertiary/aromatic N) is 3. The van der Waals surface area contributed by atoms with Crippen molar-refractivity contribution in [3.63, 3.8) is 0 Å². The zero-order valence-electron chi connectivity index (χ0n) is 16.1. The van der Waals surface area contributed by atoms with Crippen LogP contribution in [0.25, 0.3) is 11.1 Å². The largest absolute Gasteiger partial charge is 0.336 e. The normalized spacial score (nSPS) is 16.5. The van der Waals surface area contributed by atoms with E-state index in [4.69, 9.17) is 16.1 Å². The molecule has 154 valence electrons. The third-order valence-electron chi connectivity index (χ3n) is 5.42. The molecule has 1 aliphatic heterocycles. The van der Waals surface area contributed by atoms with Gasteiger partial charge in [0, 0.05) is 18.1 Å². The van der Waals surface area contributed by atoms with Crippen LogP contribution in [0.2, 0.25) is 5.02 Å². The zero-order chi connectivity index (χ0) is 20.4. The SMILES string of the molecule is Cc1noc2ncc(S(=O)(=O)NCC3CCN(Cc4ccccc4Cl)CC3)cc12. The van der Waals surface area contributed by atoms with E-state index in [2.05, 4.69) is 19.8 Å². The summed E-state index contributed by atoms with van der Waals surface area (Å²) < 4.78 is 33.1. The van der Waals surface area contributed by atoms with Gasteiger partial charge in [-0.25, -0.2) is 18.1 Å². The molecule has 9 heteroatoms. The van der Waals surface area contributed by atoms with Crippen LogP contribution >= 0.6 is 11.6 Å². The Hall–Kier alpha value is -2.00. The summed E-state index contributed by atoms with van der Waals surface area (Å²) >= 11 is 6.25. The number of fused-ring (bicyclic) bond motifs is 1. The highest BCUT2D eigenvalue weighted by Crippen LogP contribution is 2.23. The first-order valence-corrected chi connectivity index (χ1v) is 11.5. The molecule has 0 amide bonds. The summed E-state index contributed by atoms with van der Waals surface area (Å²) in [5, 5.41) is 5.21. The second kappa shape index (κ2) is 8.39. The molecule has 0 radical (unpaired) electrons. The first kappa shape index (κ1) is 20.3. The van der Waals surface area contributed by atoms with Crippen LogP contribution in [0.1, 0.15) is 24.1 Å². The molecule has 4 rings (SSSR count). The molecule has 0 aliphatic carbocycles. The fraction of sp³-hybridized carbons (Fsp3) is 0.400. The van der Waals surface area contributed by atoms with Crippen molar-refractivity contribution in [1.29, 1.82) is 0 Å². The Bertz CT molecular complexity index is 1110. The molecule has 7 nitrogen and oxygen atoms in total. The summed E-state index contributed by atoms with van der Waals surface area (Å²) in [5.74, 6) is 0.307. The first-order chi connectivity index (χ1) is 13.9. The van der Waals surface area contributed by atoms with E-state index in [0.29, 0.717) is 29.3 Å². The van der Waals surface area contributed by atoms with Crippen LogP contribution < -0.4 is 4.72 Å². The maximum absolute atomic E-state index is 12.7. The van der Waals surface area contributed by atoms with E-state index >= 15 is 0 Å². The maximum Gasteiger partial charge on any atom is 0.257 e. The molecule has 0 atom stereocenters. The van der Waals surface area contributed by atoms with Crippen molar-refractivity contribution in [3.05, 3.63) is 52.8 Å². The highest BCUT2D eigenvalue weighted by molar-refractivity contribution is 7.89. The van der Waals surface area contributed by atoms with E-state index in [-0.39, 0.29) is 4.90 Å². The van der Waals surface area contributed by atoms with Crippen LogP contribution in [0.15, 0.2) is 45.9 Å². The summed E-state index contributed by atoms with van der Waals surface area (Å²) in [6, 6.07) is 9.44. The number of rotatable bonds is 6. The Kier molecular flexibility index (Phi) is 5.87. The summed E-state index contributed by atoms with van der Waals surface area (Å²) in [6.45, 7) is 4.84. The predicted molar refractivity (Wildman–Crippen MR) is 111 cm³/mol. The molecular weight excluding hydrogens is 412 g/mol. The highest BCUT2D eigenvalue weighted by atomic mass is 35.5. The van der Waals surface area contributed by atoms with Gasteiger partial charge in [-0.15, -0.1) is 0 Å². The van der Waals surface area contributed by atoms with E-state index in [0.717, 1.165) is 43.1 Å². The Balaban J connectivity index is 1.32. The van der Waals surface area contributed by atoms with Crippen LogP contribution in [0.5, 0.6) is 0 Å². The van der Waals surface area contributed by atoms with Gasteiger partial charge >= 0.3 is 0 Å². The van der Waals surface area contributed by atoms with Crippen molar-refractivity contribution in [2.45, 2.75) is 31.2 Å². The van der Waals surface area contributed by atoms with Gasteiger partial charge in [0.05, 0.1) is 17.3 Å². The lowest BCUT2D eigenvalue weighted by Crippen LogP contribution is -2.38. The van der Waals surface area contributed by atoms with Crippen LogP contribution in [-0.2, 0) is 16.6 Å². The molecule has 3 aromatic rings. The number of hydrogen-bond donors (Lipinski definition) is 1. The molecule has 1 aromatic carbocycles. The second-order valence-corrected chi connectivity index (χ2v) is 9.63. The molecule has 1 fully saturated rings. The average Bonchev–Trinajstić information content (AvgIpc) is 3.10. The van der Waals surface area contributed by atoms with Crippen molar-refractivity contribution in [1.82, 2.24) is 19.8 Å².